The number of methoxy groups -OCH3 is 1. The molecule has 5 heteroatoms. The molecule has 0 unspecified atom stereocenters. The molecule has 0 amide bonds. The van der Waals surface area contributed by atoms with E-state index >= 15 is 0 Å². The monoisotopic (exact) mass is 253 g/mol. The molecule has 0 radical (unpaired) electrons. The lowest BCUT2D eigenvalue weighted by molar-refractivity contribution is -0.134. The zero-order chi connectivity index (χ0) is 13.2. The number of para-hydroxylation sites is 1. The molecule has 19 heavy (non-hydrogen) atoms. The van der Waals surface area contributed by atoms with Crippen LogP contribution in [0.2, 0.25) is 0 Å². The van der Waals surface area contributed by atoms with E-state index in [-0.39, 0.29) is 0 Å². The van der Waals surface area contributed by atoms with Crippen molar-refractivity contribution in [2.45, 2.75) is 0 Å². The van der Waals surface area contributed by atoms with E-state index < -0.39 is 5.97 Å². The molecule has 0 saturated carbocycles. The van der Waals surface area contributed by atoms with E-state index in [1.54, 1.807) is 6.08 Å². The highest BCUT2D eigenvalue weighted by molar-refractivity contribution is 6.06. The van der Waals surface area contributed by atoms with Crippen LogP contribution in [0.5, 0.6) is 0 Å². The number of carbonyl (C=O) groups is 1. The minimum Gasteiger partial charge on any atom is -0.466 e. The summed E-state index contributed by atoms with van der Waals surface area (Å²) in [7, 11) is 1.33. The van der Waals surface area contributed by atoms with Gasteiger partial charge in [0, 0.05) is 22.4 Å². The van der Waals surface area contributed by atoms with Gasteiger partial charge >= 0.3 is 5.97 Å². The highest BCUT2D eigenvalue weighted by atomic mass is 16.5. The summed E-state index contributed by atoms with van der Waals surface area (Å²) in [5.41, 5.74) is 2.36. The van der Waals surface area contributed by atoms with Gasteiger partial charge in [-0.3, -0.25) is 0 Å². The van der Waals surface area contributed by atoms with E-state index in [0.29, 0.717) is 5.69 Å². The maximum Gasteiger partial charge on any atom is 0.330 e. The summed E-state index contributed by atoms with van der Waals surface area (Å²) in [4.78, 5) is 14.2. The first-order chi connectivity index (χ1) is 9.28. The molecule has 1 aromatic carbocycles. The Hall–Kier alpha value is -2.69. The Balaban J connectivity index is 2.11. The number of rotatable bonds is 2. The Labute approximate surface area is 108 Å². The summed E-state index contributed by atoms with van der Waals surface area (Å²) in [5, 5.41) is 10.2. The van der Waals surface area contributed by atoms with Crippen molar-refractivity contribution in [3.8, 4) is 0 Å². The van der Waals surface area contributed by atoms with Gasteiger partial charge < -0.3 is 9.72 Å². The minimum absolute atomic E-state index is 0.416. The van der Waals surface area contributed by atoms with Gasteiger partial charge in [-0.15, -0.1) is 10.2 Å². The van der Waals surface area contributed by atoms with E-state index in [1.165, 1.54) is 13.2 Å². The van der Waals surface area contributed by atoms with E-state index in [9.17, 15) is 4.79 Å². The molecule has 2 aromatic heterocycles. The van der Waals surface area contributed by atoms with Gasteiger partial charge in [-0.1, -0.05) is 18.2 Å². The number of benzene rings is 1. The molecule has 3 aromatic rings. The first kappa shape index (κ1) is 11.4. The number of nitrogens with one attached hydrogen (secondary N) is 1. The number of hydrogen-bond acceptors (Lipinski definition) is 4. The van der Waals surface area contributed by atoms with E-state index in [2.05, 4.69) is 19.9 Å². The van der Waals surface area contributed by atoms with Crippen molar-refractivity contribution in [3.63, 3.8) is 0 Å². The Morgan fingerprint density at radius 3 is 2.95 bits per heavy atom. The Morgan fingerprint density at radius 1 is 1.26 bits per heavy atom. The van der Waals surface area contributed by atoms with Gasteiger partial charge in [0.05, 0.1) is 12.8 Å². The maximum atomic E-state index is 11.0. The third kappa shape index (κ3) is 2.06. The van der Waals surface area contributed by atoms with E-state index in [4.69, 9.17) is 0 Å². The number of H-pyrrole nitrogens is 1. The van der Waals surface area contributed by atoms with Gasteiger partial charge in [0.1, 0.15) is 0 Å². The lowest BCUT2D eigenvalue weighted by Crippen LogP contribution is -1.94. The van der Waals surface area contributed by atoms with Crippen LogP contribution in [0.15, 0.2) is 36.4 Å². The van der Waals surface area contributed by atoms with Gasteiger partial charge in [-0.25, -0.2) is 4.79 Å². The molecule has 0 saturated heterocycles. The maximum absolute atomic E-state index is 11.0. The van der Waals surface area contributed by atoms with Crippen molar-refractivity contribution in [2.24, 2.45) is 0 Å². The normalized spacial score (nSPS) is 11.4. The Bertz CT molecular complexity index is 790. The molecule has 0 aliphatic carbocycles. The minimum atomic E-state index is -0.416. The van der Waals surface area contributed by atoms with Crippen LogP contribution < -0.4 is 0 Å². The average molecular weight is 253 g/mol. The quantitative estimate of drug-likeness (QED) is 0.562. The standard InChI is InChI=1S/C14H11N3O2/c1-19-13(18)7-6-9-8-11-10-4-2-3-5-12(10)15-14(11)17-16-9/h2-8H,1H3,(H,15,17). The number of carbonyl (C=O) groups excluding carboxylic acids is 1. The summed E-state index contributed by atoms with van der Waals surface area (Å²) in [6.07, 6.45) is 2.91. The SMILES string of the molecule is COC(=O)C=Cc1cc2c(nn1)[nH]c1ccccc12. The van der Waals surface area contributed by atoms with Crippen LogP contribution in [0.4, 0.5) is 0 Å². The topological polar surface area (TPSA) is 67.9 Å². The Morgan fingerprint density at radius 2 is 2.11 bits per heavy atom. The molecule has 0 fully saturated rings. The van der Waals surface area contributed by atoms with Crippen LogP contribution in [-0.2, 0) is 9.53 Å². The molecule has 1 N–H and O–H groups in total. The lowest BCUT2D eigenvalue weighted by atomic mass is 10.2. The van der Waals surface area contributed by atoms with Crippen LogP contribution in [0.25, 0.3) is 28.0 Å². The van der Waals surface area contributed by atoms with Gasteiger partial charge in [0.25, 0.3) is 0 Å². The second kappa shape index (κ2) is 4.53. The van der Waals surface area contributed by atoms with Crippen molar-refractivity contribution in [1.29, 1.82) is 0 Å². The summed E-state index contributed by atoms with van der Waals surface area (Å²) in [5.74, 6) is -0.416. The summed E-state index contributed by atoms with van der Waals surface area (Å²) < 4.78 is 4.53. The number of fused-ring (bicyclic) bond motifs is 3. The number of ether oxygens (including phenoxy) is 1. The molecular weight excluding hydrogens is 242 g/mol. The molecule has 5 nitrogen and oxygen atoms in total. The molecule has 0 aliphatic heterocycles. The predicted octanol–water partition coefficient (Wildman–Crippen LogP) is 2.30. The zero-order valence-corrected chi connectivity index (χ0v) is 10.3. The van der Waals surface area contributed by atoms with Crippen molar-refractivity contribution in [3.05, 3.63) is 42.1 Å². The number of hydrogen-bond donors (Lipinski definition) is 1. The van der Waals surface area contributed by atoms with Crippen LogP contribution in [0, 0.1) is 0 Å². The van der Waals surface area contributed by atoms with Crippen LogP contribution in [-0.4, -0.2) is 28.3 Å². The smallest absolute Gasteiger partial charge is 0.330 e. The number of aromatic nitrogens is 3. The lowest BCUT2D eigenvalue weighted by Gasteiger charge is -1.93. The second-order valence-corrected chi connectivity index (χ2v) is 4.06. The van der Waals surface area contributed by atoms with Crippen molar-refractivity contribution >= 4 is 34.0 Å². The molecule has 0 aliphatic rings. The van der Waals surface area contributed by atoms with E-state index in [0.717, 1.165) is 21.9 Å². The summed E-state index contributed by atoms with van der Waals surface area (Å²) >= 11 is 0. The summed E-state index contributed by atoms with van der Waals surface area (Å²) in [6, 6.07) is 9.83. The average Bonchev–Trinajstić information content (AvgIpc) is 2.82. The second-order valence-electron chi connectivity index (χ2n) is 4.06. The van der Waals surface area contributed by atoms with Gasteiger partial charge in [0.15, 0.2) is 5.65 Å². The third-order valence-electron chi connectivity index (χ3n) is 2.87. The highest BCUT2D eigenvalue weighted by Gasteiger charge is 2.05. The molecular formula is C14H11N3O2. The Kier molecular flexibility index (Phi) is 2.72. The molecule has 94 valence electrons. The molecule has 3 rings (SSSR count). The van der Waals surface area contributed by atoms with Crippen molar-refractivity contribution < 1.29 is 9.53 Å². The first-order valence-corrected chi connectivity index (χ1v) is 5.78. The van der Waals surface area contributed by atoms with Crippen molar-refractivity contribution in [1.82, 2.24) is 15.2 Å². The third-order valence-corrected chi connectivity index (χ3v) is 2.87. The largest absolute Gasteiger partial charge is 0.466 e. The predicted molar refractivity (Wildman–Crippen MR) is 72.4 cm³/mol. The molecule has 2 heterocycles. The van der Waals surface area contributed by atoms with Crippen LogP contribution in [0.3, 0.4) is 0 Å². The van der Waals surface area contributed by atoms with Gasteiger partial charge in [0.2, 0.25) is 0 Å². The summed E-state index contributed by atoms with van der Waals surface area (Å²) in [6.45, 7) is 0. The van der Waals surface area contributed by atoms with E-state index in [1.807, 2.05) is 30.3 Å². The van der Waals surface area contributed by atoms with Crippen LogP contribution in [0.1, 0.15) is 5.69 Å². The van der Waals surface area contributed by atoms with Gasteiger partial charge in [-0.05, 0) is 18.2 Å². The van der Waals surface area contributed by atoms with Gasteiger partial charge in [-0.2, -0.15) is 0 Å². The van der Waals surface area contributed by atoms with Crippen molar-refractivity contribution in [2.75, 3.05) is 7.11 Å². The zero-order valence-electron chi connectivity index (χ0n) is 10.3. The fourth-order valence-electron chi connectivity index (χ4n) is 1.96. The fraction of sp³-hybridized carbons (Fsp3) is 0.0714. The fourth-order valence-corrected chi connectivity index (χ4v) is 1.96. The highest BCUT2D eigenvalue weighted by Crippen LogP contribution is 2.23. The first-order valence-electron chi connectivity index (χ1n) is 5.78. The van der Waals surface area contributed by atoms with Crippen LogP contribution >= 0.6 is 0 Å². The number of aromatic amines is 1. The number of esters is 1. The molecule has 0 atom stereocenters. The number of nitrogens with zero attached hydrogens (tertiary/aromatic N) is 2. The molecule has 0 bridgehead atoms. The molecule has 0 spiro atoms.